The van der Waals surface area contributed by atoms with Crippen molar-refractivity contribution in [3.05, 3.63) is 84.4 Å². The molecule has 0 aliphatic rings. The van der Waals surface area contributed by atoms with Gasteiger partial charge in [0.2, 0.25) is 0 Å². The lowest BCUT2D eigenvalue weighted by Crippen LogP contribution is -2.00. The maximum Gasteiger partial charge on any atom is 0.162 e. The van der Waals surface area contributed by atoms with Gasteiger partial charge in [-0.1, -0.05) is 54.6 Å². The zero-order valence-corrected chi connectivity index (χ0v) is 13.7. The minimum atomic E-state index is 0.537. The number of rotatable bonds is 4. The number of para-hydroxylation sites is 1. The van der Waals surface area contributed by atoms with Crippen molar-refractivity contribution in [3.8, 4) is 11.4 Å². The van der Waals surface area contributed by atoms with E-state index in [9.17, 15) is 0 Å². The van der Waals surface area contributed by atoms with Gasteiger partial charge in [0.05, 0.1) is 5.52 Å². The number of aromatic nitrogens is 2. The van der Waals surface area contributed by atoms with Crippen molar-refractivity contribution < 1.29 is 0 Å². The van der Waals surface area contributed by atoms with Gasteiger partial charge in [0, 0.05) is 23.2 Å². The Hall–Kier alpha value is -3.24. The summed E-state index contributed by atoms with van der Waals surface area (Å²) in [7, 11) is 0. The summed E-state index contributed by atoms with van der Waals surface area (Å²) in [5, 5.41) is 4.41. The Bertz CT molecular complexity index is 995. The normalized spacial score (nSPS) is 10.8. The van der Waals surface area contributed by atoms with Gasteiger partial charge in [0.25, 0.3) is 0 Å². The first-order valence-corrected chi connectivity index (χ1v) is 8.22. The van der Waals surface area contributed by atoms with Crippen LogP contribution in [0.1, 0.15) is 5.56 Å². The lowest BCUT2D eigenvalue weighted by atomic mass is 10.1. The van der Waals surface area contributed by atoms with Gasteiger partial charge in [-0.2, -0.15) is 0 Å². The predicted octanol–water partition coefficient (Wildman–Crippen LogP) is 4.50. The van der Waals surface area contributed by atoms with Gasteiger partial charge in [-0.05, 0) is 29.8 Å². The quantitative estimate of drug-likeness (QED) is 0.579. The third-order valence-electron chi connectivity index (χ3n) is 4.09. The Balaban J connectivity index is 1.80. The standard InChI is InChI=1S/C21H18N4/c22-14-15-10-12-17(13-11-15)23-21-18-8-4-5-9-19(18)24-20(25-21)16-6-2-1-3-7-16/h1-13H,14,22H2,(H,23,24,25). The summed E-state index contributed by atoms with van der Waals surface area (Å²) >= 11 is 0. The van der Waals surface area contributed by atoms with Gasteiger partial charge in [-0.3, -0.25) is 0 Å². The average Bonchev–Trinajstić information content (AvgIpc) is 2.69. The lowest BCUT2D eigenvalue weighted by molar-refractivity contribution is 1.07. The van der Waals surface area contributed by atoms with E-state index in [2.05, 4.69) is 5.32 Å². The van der Waals surface area contributed by atoms with Crippen LogP contribution in [0, 0.1) is 0 Å². The molecule has 0 saturated heterocycles. The molecule has 0 fully saturated rings. The molecule has 1 aromatic heterocycles. The third-order valence-corrected chi connectivity index (χ3v) is 4.09. The second kappa shape index (κ2) is 6.71. The lowest BCUT2D eigenvalue weighted by Gasteiger charge is -2.11. The molecule has 0 spiro atoms. The highest BCUT2D eigenvalue weighted by atomic mass is 15.0. The smallest absolute Gasteiger partial charge is 0.162 e. The van der Waals surface area contributed by atoms with Crippen LogP contribution in [0.2, 0.25) is 0 Å². The van der Waals surface area contributed by atoms with Crippen LogP contribution in [0.25, 0.3) is 22.3 Å². The van der Waals surface area contributed by atoms with Crippen LogP contribution in [0.15, 0.2) is 78.9 Å². The van der Waals surface area contributed by atoms with E-state index >= 15 is 0 Å². The van der Waals surface area contributed by atoms with E-state index in [0.717, 1.165) is 33.5 Å². The molecule has 122 valence electrons. The Kier molecular flexibility index (Phi) is 4.11. The summed E-state index contributed by atoms with van der Waals surface area (Å²) < 4.78 is 0. The van der Waals surface area contributed by atoms with E-state index in [1.165, 1.54) is 0 Å². The van der Waals surface area contributed by atoms with Gasteiger partial charge in [0.1, 0.15) is 5.82 Å². The number of benzene rings is 3. The van der Waals surface area contributed by atoms with Crippen molar-refractivity contribution in [2.75, 3.05) is 5.32 Å². The first kappa shape index (κ1) is 15.3. The van der Waals surface area contributed by atoms with Gasteiger partial charge in [-0.25, -0.2) is 9.97 Å². The molecule has 0 saturated carbocycles. The maximum atomic E-state index is 5.67. The fraction of sp³-hybridized carbons (Fsp3) is 0.0476. The van der Waals surface area contributed by atoms with Crippen LogP contribution in [-0.2, 0) is 6.54 Å². The van der Waals surface area contributed by atoms with Crippen LogP contribution in [0.3, 0.4) is 0 Å². The molecule has 0 atom stereocenters. The fourth-order valence-corrected chi connectivity index (χ4v) is 2.75. The average molecular weight is 326 g/mol. The minimum absolute atomic E-state index is 0.537. The maximum absolute atomic E-state index is 5.67. The summed E-state index contributed by atoms with van der Waals surface area (Å²) in [5.74, 6) is 1.50. The molecule has 0 amide bonds. The SMILES string of the molecule is NCc1ccc(Nc2nc(-c3ccccc3)nc3ccccc23)cc1. The van der Waals surface area contributed by atoms with Gasteiger partial charge in [-0.15, -0.1) is 0 Å². The van der Waals surface area contributed by atoms with Crippen molar-refractivity contribution in [2.45, 2.75) is 6.54 Å². The monoisotopic (exact) mass is 326 g/mol. The summed E-state index contributed by atoms with van der Waals surface area (Å²) in [4.78, 5) is 9.47. The van der Waals surface area contributed by atoms with Crippen molar-refractivity contribution in [1.29, 1.82) is 0 Å². The van der Waals surface area contributed by atoms with E-state index in [1.807, 2.05) is 78.9 Å². The van der Waals surface area contributed by atoms with Crippen LogP contribution in [0.4, 0.5) is 11.5 Å². The van der Waals surface area contributed by atoms with E-state index < -0.39 is 0 Å². The van der Waals surface area contributed by atoms with Crippen LogP contribution < -0.4 is 11.1 Å². The van der Waals surface area contributed by atoms with Crippen LogP contribution >= 0.6 is 0 Å². The minimum Gasteiger partial charge on any atom is -0.340 e. The van der Waals surface area contributed by atoms with E-state index in [0.29, 0.717) is 12.4 Å². The molecule has 3 aromatic carbocycles. The second-order valence-corrected chi connectivity index (χ2v) is 5.81. The first-order valence-electron chi connectivity index (χ1n) is 8.22. The number of nitrogens with two attached hydrogens (primary N) is 1. The molecule has 0 radical (unpaired) electrons. The summed E-state index contributed by atoms with van der Waals surface area (Å²) in [5.41, 5.74) is 9.65. The van der Waals surface area contributed by atoms with Gasteiger partial charge < -0.3 is 11.1 Å². The highest BCUT2D eigenvalue weighted by Gasteiger charge is 2.09. The molecule has 4 aromatic rings. The Morgan fingerprint density at radius 3 is 2.24 bits per heavy atom. The van der Waals surface area contributed by atoms with Crippen LogP contribution in [0.5, 0.6) is 0 Å². The zero-order valence-electron chi connectivity index (χ0n) is 13.7. The molecule has 4 nitrogen and oxygen atoms in total. The molecule has 0 aliphatic carbocycles. The molecule has 1 heterocycles. The highest BCUT2D eigenvalue weighted by molar-refractivity contribution is 5.92. The molecule has 4 rings (SSSR count). The van der Waals surface area contributed by atoms with E-state index in [4.69, 9.17) is 15.7 Å². The van der Waals surface area contributed by atoms with E-state index in [1.54, 1.807) is 0 Å². The van der Waals surface area contributed by atoms with E-state index in [-0.39, 0.29) is 0 Å². The first-order chi connectivity index (χ1) is 12.3. The molecule has 3 N–H and O–H groups in total. The summed E-state index contributed by atoms with van der Waals surface area (Å²) in [6.45, 7) is 0.537. The number of hydrogen-bond acceptors (Lipinski definition) is 4. The van der Waals surface area contributed by atoms with Crippen molar-refractivity contribution in [3.63, 3.8) is 0 Å². The van der Waals surface area contributed by atoms with Gasteiger partial charge >= 0.3 is 0 Å². The Morgan fingerprint density at radius 1 is 0.760 bits per heavy atom. The molecule has 4 heteroatoms. The van der Waals surface area contributed by atoms with Crippen molar-refractivity contribution in [2.24, 2.45) is 5.73 Å². The molecule has 0 bridgehead atoms. The molecular weight excluding hydrogens is 308 g/mol. The molecular formula is C21H18N4. The topological polar surface area (TPSA) is 63.8 Å². The third kappa shape index (κ3) is 3.20. The zero-order chi connectivity index (χ0) is 17.1. The number of fused-ring (bicyclic) bond motifs is 1. The predicted molar refractivity (Wildman–Crippen MR) is 103 cm³/mol. The largest absolute Gasteiger partial charge is 0.340 e. The van der Waals surface area contributed by atoms with Crippen LogP contribution in [-0.4, -0.2) is 9.97 Å². The fourth-order valence-electron chi connectivity index (χ4n) is 2.75. The number of nitrogens with zero attached hydrogens (tertiary/aromatic N) is 2. The van der Waals surface area contributed by atoms with Gasteiger partial charge in [0.15, 0.2) is 5.82 Å². The molecule has 25 heavy (non-hydrogen) atoms. The molecule has 0 aliphatic heterocycles. The molecule has 0 unspecified atom stereocenters. The number of anilines is 2. The highest BCUT2D eigenvalue weighted by Crippen LogP contribution is 2.27. The Morgan fingerprint density at radius 2 is 1.48 bits per heavy atom. The summed E-state index contributed by atoms with van der Waals surface area (Å²) in [6, 6.07) is 26.1. The van der Waals surface area contributed by atoms with Crippen molar-refractivity contribution >= 4 is 22.4 Å². The van der Waals surface area contributed by atoms with Crippen molar-refractivity contribution in [1.82, 2.24) is 9.97 Å². The second-order valence-electron chi connectivity index (χ2n) is 5.81. The summed E-state index contributed by atoms with van der Waals surface area (Å²) in [6.07, 6.45) is 0. The Labute approximate surface area is 146 Å². The number of hydrogen-bond donors (Lipinski definition) is 2. The number of nitrogens with one attached hydrogen (secondary N) is 1.